The Labute approximate surface area is 201 Å². The minimum atomic E-state index is -1.04. The van der Waals surface area contributed by atoms with Crippen LogP contribution in [0.3, 0.4) is 0 Å². The van der Waals surface area contributed by atoms with Gasteiger partial charge in [0.1, 0.15) is 12.6 Å². The molecule has 1 aliphatic rings. The van der Waals surface area contributed by atoms with Crippen molar-refractivity contribution in [1.29, 1.82) is 0 Å². The molecule has 2 amide bonds. The number of benzene rings is 2. The summed E-state index contributed by atoms with van der Waals surface area (Å²) in [6, 6.07) is 17.0. The van der Waals surface area contributed by atoms with Crippen molar-refractivity contribution in [2.75, 3.05) is 6.61 Å². The predicted molar refractivity (Wildman–Crippen MR) is 130 cm³/mol. The van der Waals surface area contributed by atoms with Crippen molar-refractivity contribution in [3.8, 4) is 11.1 Å². The number of carboxylic acids is 1. The Balaban J connectivity index is 1.38. The number of amides is 2. The standard InChI is InChI=1S/C26H26N2O5S/c1-16-12-17(34-15-16)13-27-25(31)23(10-11-24(29)30)28-26(32)33-14-22-20-8-4-2-6-18(20)19-7-3-5-9-21(19)22/h2-9,12,15,22-23H,10-11,13-14H2,1H3,(H,27,31)(H,28,32)(H,29,30). The summed E-state index contributed by atoms with van der Waals surface area (Å²) in [6.45, 7) is 2.39. The number of fused-ring (bicyclic) bond motifs is 3. The molecule has 1 unspecified atom stereocenters. The third kappa shape index (κ3) is 5.46. The molecule has 1 aromatic heterocycles. The average Bonchev–Trinajstić information content (AvgIpc) is 3.39. The molecule has 0 spiro atoms. The van der Waals surface area contributed by atoms with Gasteiger partial charge >= 0.3 is 12.1 Å². The first kappa shape index (κ1) is 23.5. The molecular formula is C26H26N2O5S. The number of hydrogen-bond acceptors (Lipinski definition) is 5. The van der Waals surface area contributed by atoms with Crippen molar-refractivity contribution >= 4 is 29.3 Å². The zero-order chi connectivity index (χ0) is 24.1. The van der Waals surface area contributed by atoms with Crippen LogP contribution in [-0.4, -0.2) is 35.7 Å². The van der Waals surface area contributed by atoms with Gasteiger partial charge in [0.05, 0.1) is 6.54 Å². The van der Waals surface area contributed by atoms with Gasteiger partial charge in [-0.2, -0.15) is 0 Å². The van der Waals surface area contributed by atoms with Crippen molar-refractivity contribution in [1.82, 2.24) is 10.6 Å². The number of ether oxygens (including phenoxy) is 1. The molecule has 1 aliphatic carbocycles. The second kappa shape index (κ2) is 10.5. The van der Waals surface area contributed by atoms with Gasteiger partial charge in [0.25, 0.3) is 0 Å². The number of alkyl carbamates (subject to hydrolysis) is 1. The Hall–Kier alpha value is -3.65. The highest BCUT2D eigenvalue weighted by Crippen LogP contribution is 2.44. The van der Waals surface area contributed by atoms with Gasteiger partial charge in [-0.1, -0.05) is 48.5 Å². The van der Waals surface area contributed by atoms with Crippen molar-refractivity contribution in [2.24, 2.45) is 0 Å². The van der Waals surface area contributed by atoms with Gasteiger partial charge in [-0.25, -0.2) is 4.79 Å². The molecule has 0 radical (unpaired) electrons. The largest absolute Gasteiger partial charge is 0.481 e. The fraction of sp³-hybridized carbons (Fsp3) is 0.269. The van der Waals surface area contributed by atoms with Crippen LogP contribution in [-0.2, 0) is 20.9 Å². The van der Waals surface area contributed by atoms with E-state index < -0.39 is 24.0 Å². The molecule has 4 rings (SSSR count). The molecule has 0 aliphatic heterocycles. The van der Waals surface area contributed by atoms with Gasteiger partial charge in [0.2, 0.25) is 5.91 Å². The molecule has 0 fully saturated rings. The summed E-state index contributed by atoms with van der Waals surface area (Å²) in [6.07, 6.45) is -1.03. The first-order chi connectivity index (χ1) is 16.4. The number of aliphatic carboxylic acids is 1. The molecule has 8 heteroatoms. The summed E-state index contributed by atoms with van der Waals surface area (Å²) in [7, 11) is 0. The fourth-order valence-corrected chi connectivity index (χ4v) is 5.01. The number of rotatable bonds is 9. The Bertz CT molecular complexity index is 1160. The van der Waals surface area contributed by atoms with Crippen LogP contribution in [0.4, 0.5) is 4.79 Å². The number of hydrogen-bond donors (Lipinski definition) is 3. The Morgan fingerprint density at radius 3 is 2.29 bits per heavy atom. The molecule has 1 atom stereocenters. The van der Waals surface area contributed by atoms with E-state index in [1.54, 1.807) is 0 Å². The first-order valence-electron chi connectivity index (χ1n) is 11.1. The molecule has 1 heterocycles. The van der Waals surface area contributed by atoms with Crippen molar-refractivity contribution in [2.45, 2.75) is 38.3 Å². The van der Waals surface area contributed by atoms with Gasteiger partial charge in [-0.3, -0.25) is 9.59 Å². The lowest BCUT2D eigenvalue weighted by Gasteiger charge is -2.19. The van der Waals surface area contributed by atoms with Crippen molar-refractivity contribution in [3.63, 3.8) is 0 Å². The molecule has 0 saturated carbocycles. The molecule has 7 nitrogen and oxygen atoms in total. The number of aryl methyl sites for hydroxylation is 1. The summed E-state index contributed by atoms with van der Waals surface area (Å²) in [5, 5.41) is 16.4. The summed E-state index contributed by atoms with van der Waals surface area (Å²) >= 11 is 1.53. The molecule has 34 heavy (non-hydrogen) atoms. The molecule has 3 N–H and O–H groups in total. The van der Waals surface area contributed by atoms with Crippen LogP contribution in [0.5, 0.6) is 0 Å². The number of thiophene rings is 1. The summed E-state index contributed by atoms with van der Waals surface area (Å²) in [4.78, 5) is 37.3. The van der Waals surface area contributed by atoms with E-state index in [1.807, 2.05) is 54.8 Å². The zero-order valence-electron chi connectivity index (χ0n) is 18.7. The highest BCUT2D eigenvalue weighted by atomic mass is 32.1. The number of carboxylic acid groups (broad SMARTS) is 1. The summed E-state index contributed by atoms with van der Waals surface area (Å²) < 4.78 is 5.52. The van der Waals surface area contributed by atoms with Crippen LogP contribution >= 0.6 is 11.3 Å². The minimum absolute atomic E-state index is 0.0329. The lowest BCUT2D eigenvalue weighted by Crippen LogP contribution is -2.47. The van der Waals surface area contributed by atoms with Crippen molar-refractivity contribution < 1.29 is 24.2 Å². The number of carbonyl (C=O) groups is 3. The second-order valence-electron chi connectivity index (χ2n) is 8.26. The lowest BCUT2D eigenvalue weighted by molar-refractivity contribution is -0.137. The van der Waals surface area contributed by atoms with E-state index in [1.165, 1.54) is 11.3 Å². The highest BCUT2D eigenvalue weighted by molar-refractivity contribution is 7.10. The molecule has 3 aromatic rings. The number of carbonyl (C=O) groups excluding carboxylic acids is 2. The second-order valence-corrected chi connectivity index (χ2v) is 9.26. The van der Waals surface area contributed by atoms with Crippen molar-refractivity contribution in [3.05, 3.63) is 81.5 Å². The smallest absolute Gasteiger partial charge is 0.407 e. The monoisotopic (exact) mass is 478 g/mol. The maximum absolute atomic E-state index is 12.7. The SMILES string of the molecule is Cc1csc(CNC(=O)C(CCC(=O)O)NC(=O)OCC2c3ccccc3-c3ccccc32)c1. The van der Waals surface area contributed by atoms with E-state index in [9.17, 15) is 14.4 Å². The van der Waals surface area contributed by atoms with Gasteiger partial charge in [-0.15, -0.1) is 11.3 Å². The van der Waals surface area contributed by atoms with E-state index >= 15 is 0 Å². The Morgan fingerprint density at radius 1 is 1.06 bits per heavy atom. The summed E-state index contributed by atoms with van der Waals surface area (Å²) in [5.41, 5.74) is 5.52. The van der Waals surface area contributed by atoms with Gasteiger partial charge in [-0.05, 0) is 52.6 Å². The lowest BCUT2D eigenvalue weighted by atomic mass is 9.98. The van der Waals surface area contributed by atoms with E-state index in [-0.39, 0.29) is 25.4 Å². The minimum Gasteiger partial charge on any atom is -0.481 e. The average molecular weight is 479 g/mol. The van der Waals surface area contributed by atoms with E-state index in [2.05, 4.69) is 22.8 Å². The van der Waals surface area contributed by atoms with E-state index in [0.29, 0.717) is 6.54 Å². The van der Waals surface area contributed by atoms with Crippen LogP contribution < -0.4 is 10.6 Å². The van der Waals surface area contributed by atoms with Crippen LogP contribution in [0.25, 0.3) is 11.1 Å². The quantitative estimate of drug-likeness (QED) is 0.422. The maximum atomic E-state index is 12.7. The van der Waals surface area contributed by atoms with Gasteiger partial charge in [0, 0.05) is 17.2 Å². The molecule has 0 bridgehead atoms. The maximum Gasteiger partial charge on any atom is 0.407 e. The van der Waals surface area contributed by atoms with Crippen LogP contribution in [0.2, 0.25) is 0 Å². The molecule has 0 saturated heterocycles. The third-order valence-corrected chi connectivity index (χ3v) is 6.88. The van der Waals surface area contributed by atoms with Crippen LogP contribution in [0, 0.1) is 6.92 Å². The van der Waals surface area contributed by atoms with Gasteiger partial charge < -0.3 is 20.5 Å². The molecule has 2 aromatic carbocycles. The van der Waals surface area contributed by atoms with Crippen LogP contribution in [0.1, 0.15) is 40.3 Å². The first-order valence-corrected chi connectivity index (χ1v) is 12.0. The van der Waals surface area contributed by atoms with E-state index in [0.717, 1.165) is 32.7 Å². The fourth-order valence-electron chi connectivity index (χ4n) is 4.20. The van der Waals surface area contributed by atoms with Crippen LogP contribution in [0.15, 0.2) is 60.0 Å². The zero-order valence-corrected chi connectivity index (χ0v) is 19.6. The Morgan fingerprint density at radius 2 is 1.71 bits per heavy atom. The topological polar surface area (TPSA) is 105 Å². The molecular weight excluding hydrogens is 452 g/mol. The highest BCUT2D eigenvalue weighted by Gasteiger charge is 2.30. The number of nitrogens with one attached hydrogen (secondary N) is 2. The Kier molecular flexibility index (Phi) is 7.27. The summed E-state index contributed by atoms with van der Waals surface area (Å²) in [5.74, 6) is -1.59. The molecule has 176 valence electrons. The normalized spacial score (nSPS) is 13.0. The third-order valence-electron chi connectivity index (χ3n) is 5.82. The predicted octanol–water partition coefficient (Wildman–Crippen LogP) is 4.44. The van der Waals surface area contributed by atoms with Gasteiger partial charge in [0.15, 0.2) is 0 Å². The van der Waals surface area contributed by atoms with E-state index in [4.69, 9.17) is 9.84 Å².